The van der Waals surface area contributed by atoms with E-state index in [2.05, 4.69) is 4.98 Å². The average Bonchev–Trinajstić information content (AvgIpc) is 2.40. The van der Waals surface area contributed by atoms with Crippen molar-refractivity contribution >= 4 is 23.3 Å². The molecular formula is C13H18ClN3O2. The Morgan fingerprint density at radius 1 is 1.68 bits per heavy atom. The van der Waals surface area contributed by atoms with Gasteiger partial charge in [0.05, 0.1) is 29.3 Å². The van der Waals surface area contributed by atoms with Crippen LogP contribution in [0, 0.1) is 0 Å². The van der Waals surface area contributed by atoms with Crippen LogP contribution in [0.25, 0.3) is 0 Å². The molecule has 5 nitrogen and oxygen atoms in total. The lowest BCUT2D eigenvalue weighted by atomic mass is 10.1. The van der Waals surface area contributed by atoms with E-state index in [1.807, 2.05) is 18.7 Å². The molecule has 1 amide bonds. The first-order chi connectivity index (χ1) is 9.02. The number of amides is 1. The molecule has 1 fully saturated rings. The predicted octanol–water partition coefficient (Wildman–Crippen LogP) is 1.96. The second-order valence-electron chi connectivity index (χ2n) is 4.75. The largest absolute Gasteiger partial charge is 0.384 e. The number of pyridine rings is 1. The number of nitrogen functional groups attached to an aromatic ring is 1. The van der Waals surface area contributed by atoms with E-state index in [1.165, 1.54) is 12.3 Å². The Morgan fingerprint density at radius 3 is 3.11 bits per heavy atom. The highest BCUT2D eigenvalue weighted by atomic mass is 35.5. The molecular weight excluding hydrogens is 266 g/mol. The summed E-state index contributed by atoms with van der Waals surface area (Å²) in [6.07, 6.45) is 2.29. The Bertz CT molecular complexity index is 481. The van der Waals surface area contributed by atoms with Crippen LogP contribution in [0.1, 0.15) is 30.6 Å². The van der Waals surface area contributed by atoms with E-state index in [0.29, 0.717) is 29.6 Å². The topological polar surface area (TPSA) is 68.5 Å². The summed E-state index contributed by atoms with van der Waals surface area (Å²) in [6.45, 7) is 5.11. The summed E-state index contributed by atoms with van der Waals surface area (Å²) in [4.78, 5) is 18.3. The maximum Gasteiger partial charge on any atom is 0.255 e. The maximum absolute atomic E-state index is 12.6. The van der Waals surface area contributed by atoms with Crippen molar-refractivity contribution in [2.24, 2.45) is 0 Å². The first-order valence-corrected chi connectivity index (χ1v) is 6.74. The van der Waals surface area contributed by atoms with Crippen LogP contribution in [-0.2, 0) is 4.74 Å². The average molecular weight is 284 g/mol. The summed E-state index contributed by atoms with van der Waals surface area (Å²) < 4.78 is 5.59. The number of rotatable bonds is 2. The van der Waals surface area contributed by atoms with E-state index in [0.717, 1.165) is 6.42 Å². The number of hydrogen-bond donors (Lipinski definition) is 1. The van der Waals surface area contributed by atoms with Crippen molar-refractivity contribution < 1.29 is 9.53 Å². The van der Waals surface area contributed by atoms with Gasteiger partial charge in [0.15, 0.2) is 0 Å². The van der Waals surface area contributed by atoms with Gasteiger partial charge in [-0.25, -0.2) is 4.98 Å². The molecule has 1 aromatic heterocycles. The van der Waals surface area contributed by atoms with Crippen molar-refractivity contribution in [1.29, 1.82) is 0 Å². The van der Waals surface area contributed by atoms with Gasteiger partial charge < -0.3 is 15.4 Å². The Morgan fingerprint density at radius 2 is 2.42 bits per heavy atom. The monoisotopic (exact) mass is 283 g/mol. The zero-order valence-electron chi connectivity index (χ0n) is 11.1. The Balaban J connectivity index is 2.28. The highest BCUT2D eigenvalue weighted by molar-refractivity contribution is 6.33. The van der Waals surface area contributed by atoms with Gasteiger partial charge in [-0.1, -0.05) is 18.5 Å². The molecule has 2 unspecified atom stereocenters. The van der Waals surface area contributed by atoms with E-state index in [1.54, 1.807) is 0 Å². The SMILES string of the molecule is CCC1COC(C)CN1C(=O)c1cc(N)ncc1Cl. The van der Waals surface area contributed by atoms with Gasteiger partial charge in [0.1, 0.15) is 5.82 Å². The highest BCUT2D eigenvalue weighted by Gasteiger charge is 2.31. The van der Waals surface area contributed by atoms with Gasteiger partial charge in [-0.2, -0.15) is 0 Å². The Kier molecular flexibility index (Phi) is 4.27. The van der Waals surface area contributed by atoms with Gasteiger partial charge in [0, 0.05) is 12.7 Å². The van der Waals surface area contributed by atoms with Crippen molar-refractivity contribution in [2.45, 2.75) is 32.4 Å². The zero-order chi connectivity index (χ0) is 14.0. The minimum absolute atomic E-state index is 0.0321. The minimum Gasteiger partial charge on any atom is -0.384 e. The van der Waals surface area contributed by atoms with Gasteiger partial charge >= 0.3 is 0 Å². The number of aromatic nitrogens is 1. The summed E-state index contributed by atoms with van der Waals surface area (Å²) in [5.74, 6) is 0.184. The van der Waals surface area contributed by atoms with E-state index >= 15 is 0 Å². The lowest BCUT2D eigenvalue weighted by molar-refractivity contribution is -0.0444. The van der Waals surface area contributed by atoms with Gasteiger partial charge in [0.25, 0.3) is 5.91 Å². The molecule has 0 bridgehead atoms. The molecule has 0 radical (unpaired) electrons. The molecule has 104 valence electrons. The second-order valence-corrected chi connectivity index (χ2v) is 5.16. The normalized spacial score (nSPS) is 23.4. The van der Waals surface area contributed by atoms with Crippen molar-refractivity contribution in [3.8, 4) is 0 Å². The van der Waals surface area contributed by atoms with Crippen LogP contribution >= 0.6 is 11.6 Å². The number of morpholine rings is 1. The first kappa shape index (κ1) is 14.1. The van der Waals surface area contributed by atoms with Crippen LogP contribution in [0.15, 0.2) is 12.3 Å². The molecule has 2 atom stereocenters. The number of carbonyl (C=O) groups excluding carboxylic acids is 1. The van der Waals surface area contributed by atoms with E-state index in [-0.39, 0.29) is 18.1 Å². The fraction of sp³-hybridized carbons (Fsp3) is 0.538. The third-order valence-electron chi connectivity index (χ3n) is 3.31. The summed E-state index contributed by atoms with van der Waals surface area (Å²) >= 11 is 6.04. The standard InChI is InChI=1S/C13H18ClN3O2/c1-3-9-7-19-8(2)6-17(9)13(18)10-4-12(15)16-5-11(10)14/h4-5,8-9H,3,6-7H2,1-2H3,(H2,15,16). The highest BCUT2D eigenvalue weighted by Crippen LogP contribution is 2.23. The number of halogens is 1. The quantitative estimate of drug-likeness (QED) is 0.901. The van der Waals surface area contributed by atoms with E-state index < -0.39 is 0 Å². The first-order valence-electron chi connectivity index (χ1n) is 6.36. The molecule has 1 aliphatic heterocycles. The molecule has 0 spiro atoms. The van der Waals surface area contributed by atoms with Crippen LogP contribution in [0.2, 0.25) is 5.02 Å². The molecule has 0 aliphatic carbocycles. The van der Waals surface area contributed by atoms with Gasteiger partial charge in [-0.15, -0.1) is 0 Å². The van der Waals surface area contributed by atoms with E-state index in [9.17, 15) is 4.79 Å². The minimum atomic E-state index is -0.110. The van der Waals surface area contributed by atoms with Crippen molar-refractivity contribution in [1.82, 2.24) is 9.88 Å². The number of ether oxygens (including phenoxy) is 1. The third kappa shape index (κ3) is 2.98. The second kappa shape index (κ2) is 5.75. The molecule has 0 saturated carbocycles. The van der Waals surface area contributed by atoms with Gasteiger partial charge in [-0.05, 0) is 19.4 Å². The lowest BCUT2D eigenvalue weighted by Crippen LogP contribution is -2.51. The van der Waals surface area contributed by atoms with Crippen molar-refractivity contribution in [2.75, 3.05) is 18.9 Å². The number of nitrogens with zero attached hydrogens (tertiary/aromatic N) is 2. The van der Waals surface area contributed by atoms with Gasteiger partial charge in [0.2, 0.25) is 0 Å². The summed E-state index contributed by atoms with van der Waals surface area (Å²) in [5.41, 5.74) is 6.03. The molecule has 1 aliphatic rings. The molecule has 1 saturated heterocycles. The molecule has 2 heterocycles. The molecule has 1 aromatic rings. The summed E-state index contributed by atoms with van der Waals surface area (Å²) in [5, 5.41) is 0.327. The Labute approximate surface area is 117 Å². The van der Waals surface area contributed by atoms with Crippen molar-refractivity contribution in [3.05, 3.63) is 22.8 Å². The number of hydrogen-bond acceptors (Lipinski definition) is 4. The molecule has 2 N–H and O–H groups in total. The molecule has 19 heavy (non-hydrogen) atoms. The fourth-order valence-corrected chi connectivity index (χ4v) is 2.39. The predicted molar refractivity (Wildman–Crippen MR) is 74.2 cm³/mol. The zero-order valence-corrected chi connectivity index (χ0v) is 11.9. The molecule has 2 rings (SSSR count). The van der Waals surface area contributed by atoms with Crippen LogP contribution in [0.4, 0.5) is 5.82 Å². The van der Waals surface area contributed by atoms with E-state index in [4.69, 9.17) is 22.1 Å². The number of carbonyl (C=O) groups is 1. The molecule has 0 aromatic carbocycles. The summed E-state index contributed by atoms with van der Waals surface area (Å²) in [6, 6.07) is 1.60. The van der Waals surface area contributed by atoms with Crippen LogP contribution in [0.3, 0.4) is 0 Å². The third-order valence-corrected chi connectivity index (χ3v) is 3.61. The number of anilines is 1. The molecule has 6 heteroatoms. The van der Waals surface area contributed by atoms with Crippen LogP contribution < -0.4 is 5.73 Å². The van der Waals surface area contributed by atoms with Crippen molar-refractivity contribution in [3.63, 3.8) is 0 Å². The number of nitrogens with two attached hydrogens (primary N) is 1. The maximum atomic E-state index is 12.6. The lowest BCUT2D eigenvalue weighted by Gasteiger charge is -2.38. The Hall–Kier alpha value is -1.33. The summed E-state index contributed by atoms with van der Waals surface area (Å²) in [7, 11) is 0. The van der Waals surface area contributed by atoms with Crippen LogP contribution in [-0.4, -0.2) is 41.1 Å². The van der Waals surface area contributed by atoms with Crippen LogP contribution in [0.5, 0.6) is 0 Å². The van der Waals surface area contributed by atoms with Gasteiger partial charge in [-0.3, -0.25) is 4.79 Å². The fourth-order valence-electron chi connectivity index (χ4n) is 2.20. The smallest absolute Gasteiger partial charge is 0.255 e.